The number of rotatable bonds is 5. The van der Waals surface area contributed by atoms with Crippen molar-refractivity contribution in [2.45, 2.75) is 30.5 Å². The van der Waals surface area contributed by atoms with E-state index in [2.05, 4.69) is 34.9 Å². The largest absolute Gasteiger partial charge is 0.449 e. The Labute approximate surface area is 216 Å². The molecule has 0 aromatic heterocycles. The maximum Gasteiger partial charge on any atom is 0.407 e. The van der Waals surface area contributed by atoms with Gasteiger partial charge in [-0.2, -0.15) is 0 Å². The number of fused-ring (bicyclic) bond motifs is 3. The lowest BCUT2D eigenvalue weighted by Gasteiger charge is -2.34. The summed E-state index contributed by atoms with van der Waals surface area (Å²) in [6.45, 7) is 2.43. The predicted molar refractivity (Wildman–Crippen MR) is 140 cm³/mol. The van der Waals surface area contributed by atoms with Crippen molar-refractivity contribution in [3.8, 4) is 11.1 Å². The highest BCUT2D eigenvalue weighted by molar-refractivity contribution is 5.83. The topological polar surface area (TPSA) is 79.9 Å². The third kappa shape index (κ3) is 4.84. The average Bonchev–Trinajstić information content (AvgIpc) is 3.54. The van der Waals surface area contributed by atoms with Crippen molar-refractivity contribution in [2.24, 2.45) is 0 Å². The minimum absolute atomic E-state index is 0.0214. The number of hydrogen-bond donors (Lipinski definition) is 2. The van der Waals surface area contributed by atoms with Crippen LogP contribution in [-0.2, 0) is 14.3 Å². The smallest absolute Gasteiger partial charge is 0.407 e. The zero-order valence-corrected chi connectivity index (χ0v) is 20.6. The Bertz CT molecular complexity index is 1240. The summed E-state index contributed by atoms with van der Waals surface area (Å²) in [6, 6.07) is 26.1. The van der Waals surface area contributed by atoms with Gasteiger partial charge in [-0.05, 0) is 34.2 Å². The van der Waals surface area contributed by atoms with E-state index >= 15 is 0 Å². The first-order valence-corrected chi connectivity index (χ1v) is 13.0. The van der Waals surface area contributed by atoms with Crippen LogP contribution in [0.5, 0.6) is 0 Å². The summed E-state index contributed by atoms with van der Waals surface area (Å²) in [4.78, 5) is 27.8. The summed E-state index contributed by atoms with van der Waals surface area (Å²) in [5.74, 6) is 0.0779. The number of benzene rings is 3. The van der Waals surface area contributed by atoms with Gasteiger partial charge in [-0.3, -0.25) is 4.79 Å². The van der Waals surface area contributed by atoms with Gasteiger partial charge in [0.25, 0.3) is 0 Å². The van der Waals surface area contributed by atoms with E-state index in [9.17, 15) is 9.59 Å². The molecule has 37 heavy (non-hydrogen) atoms. The lowest BCUT2D eigenvalue weighted by atomic mass is 9.98. The van der Waals surface area contributed by atoms with Crippen molar-refractivity contribution in [1.82, 2.24) is 15.5 Å². The second-order valence-corrected chi connectivity index (χ2v) is 9.92. The lowest BCUT2D eigenvalue weighted by molar-refractivity contribution is -0.140. The molecule has 3 atom stereocenters. The number of nitrogens with zero attached hydrogens (tertiary/aromatic N) is 1. The molecule has 3 aliphatic rings. The van der Waals surface area contributed by atoms with Crippen LogP contribution in [0.25, 0.3) is 11.1 Å². The van der Waals surface area contributed by atoms with E-state index < -0.39 is 6.09 Å². The van der Waals surface area contributed by atoms with E-state index in [1.54, 1.807) is 0 Å². The van der Waals surface area contributed by atoms with Gasteiger partial charge < -0.3 is 25.0 Å². The molecule has 0 radical (unpaired) electrons. The molecule has 2 heterocycles. The number of carbonyl (C=O) groups excluding carboxylic acids is 2. The number of carbonyl (C=O) groups is 2. The lowest BCUT2D eigenvalue weighted by Crippen LogP contribution is -2.49. The van der Waals surface area contributed by atoms with Gasteiger partial charge in [0.2, 0.25) is 5.91 Å². The van der Waals surface area contributed by atoms with E-state index in [-0.39, 0.29) is 36.6 Å². The molecule has 2 saturated heterocycles. The fourth-order valence-corrected chi connectivity index (χ4v) is 5.78. The molecule has 2 fully saturated rings. The van der Waals surface area contributed by atoms with E-state index in [4.69, 9.17) is 9.47 Å². The predicted octanol–water partition coefficient (Wildman–Crippen LogP) is 3.86. The Morgan fingerprint density at radius 1 is 0.946 bits per heavy atom. The number of ether oxygens (including phenoxy) is 2. The highest BCUT2D eigenvalue weighted by Crippen LogP contribution is 2.44. The SMILES string of the molecule is O=C(N[C@@H]1CN[C@H](C(=O)N2CCO[C@H](c3ccccc3)C2)C1)OCC1c2ccccc2-c2ccccc21. The maximum atomic E-state index is 13.2. The van der Waals surface area contributed by atoms with Crippen LogP contribution >= 0.6 is 0 Å². The van der Waals surface area contributed by atoms with Gasteiger partial charge in [0.05, 0.1) is 19.2 Å². The Hall–Kier alpha value is -3.68. The van der Waals surface area contributed by atoms with Crippen molar-refractivity contribution < 1.29 is 19.1 Å². The summed E-state index contributed by atoms with van der Waals surface area (Å²) < 4.78 is 11.6. The first-order chi connectivity index (χ1) is 18.2. The van der Waals surface area contributed by atoms with Gasteiger partial charge in [0.15, 0.2) is 0 Å². The number of morpholine rings is 1. The monoisotopic (exact) mass is 497 g/mol. The Kier molecular flexibility index (Phi) is 6.64. The molecule has 2 N–H and O–H groups in total. The van der Waals surface area contributed by atoms with Crippen LogP contribution in [-0.4, -0.2) is 61.8 Å². The van der Waals surface area contributed by atoms with Crippen LogP contribution in [0.3, 0.4) is 0 Å². The second kappa shape index (κ2) is 10.4. The molecule has 1 aliphatic carbocycles. The third-order valence-corrected chi connectivity index (χ3v) is 7.64. The molecular formula is C30H31N3O4. The summed E-state index contributed by atoms with van der Waals surface area (Å²) in [5, 5.41) is 6.24. The molecule has 7 nitrogen and oxygen atoms in total. The number of alkyl carbamates (subject to hydrolysis) is 1. The highest BCUT2D eigenvalue weighted by Gasteiger charge is 2.36. The van der Waals surface area contributed by atoms with Crippen molar-refractivity contribution in [1.29, 1.82) is 0 Å². The molecule has 0 bridgehead atoms. The molecule has 3 aromatic carbocycles. The van der Waals surface area contributed by atoms with Crippen molar-refractivity contribution >= 4 is 12.0 Å². The van der Waals surface area contributed by atoms with E-state index in [1.165, 1.54) is 22.3 Å². The number of nitrogens with one attached hydrogen (secondary N) is 2. The van der Waals surface area contributed by atoms with Crippen LogP contribution < -0.4 is 10.6 Å². The Morgan fingerprint density at radius 2 is 1.62 bits per heavy atom. The standard InChI is InChI=1S/C30H31N3O4/c34-29(33-14-15-36-28(18-33)20-8-2-1-3-9-20)27-16-21(17-31-27)32-30(35)37-19-26-24-12-6-4-10-22(24)23-11-5-7-13-25(23)26/h1-13,21,26-28,31H,14-19H2,(H,32,35)/t21-,27-,28-/m0/s1. The minimum atomic E-state index is -0.447. The first-order valence-electron chi connectivity index (χ1n) is 13.0. The summed E-state index contributed by atoms with van der Waals surface area (Å²) >= 11 is 0. The molecule has 190 valence electrons. The van der Waals surface area contributed by atoms with Crippen LogP contribution in [0.2, 0.25) is 0 Å². The summed E-state index contributed by atoms with van der Waals surface area (Å²) in [5.41, 5.74) is 5.85. The first kappa shape index (κ1) is 23.7. The number of amides is 2. The minimum Gasteiger partial charge on any atom is -0.449 e. The van der Waals surface area contributed by atoms with E-state index in [0.717, 1.165) is 5.56 Å². The van der Waals surface area contributed by atoms with Gasteiger partial charge >= 0.3 is 6.09 Å². The fourth-order valence-electron chi connectivity index (χ4n) is 5.78. The Balaban J connectivity index is 1.02. The van der Waals surface area contributed by atoms with Crippen LogP contribution in [0.4, 0.5) is 4.79 Å². The van der Waals surface area contributed by atoms with Gasteiger partial charge in [-0.15, -0.1) is 0 Å². The number of hydrogen-bond acceptors (Lipinski definition) is 5. The highest BCUT2D eigenvalue weighted by atomic mass is 16.5. The van der Waals surface area contributed by atoms with Gasteiger partial charge in [0.1, 0.15) is 12.7 Å². The van der Waals surface area contributed by atoms with Gasteiger partial charge in [0, 0.05) is 25.0 Å². The second-order valence-electron chi connectivity index (χ2n) is 9.92. The zero-order valence-electron chi connectivity index (χ0n) is 20.6. The molecule has 2 amide bonds. The summed E-state index contributed by atoms with van der Waals surface area (Å²) in [6.07, 6.45) is -0.0246. The van der Waals surface area contributed by atoms with Gasteiger partial charge in [-0.1, -0.05) is 78.9 Å². The molecule has 3 aromatic rings. The zero-order chi connectivity index (χ0) is 25.2. The van der Waals surface area contributed by atoms with E-state index in [0.29, 0.717) is 32.7 Å². The maximum absolute atomic E-state index is 13.2. The fraction of sp³-hybridized carbons (Fsp3) is 0.333. The molecule has 7 heteroatoms. The molecular weight excluding hydrogens is 466 g/mol. The van der Waals surface area contributed by atoms with Crippen molar-refractivity contribution in [2.75, 3.05) is 32.8 Å². The molecule has 6 rings (SSSR count). The average molecular weight is 498 g/mol. The van der Waals surface area contributed by atoms with Crippen LogP contribution in [0.15, 0.2) is 78.9 Å². The molecule has 2 aliphatic heterocycles. The van der Waals surface area contributed by atoms with E-state index in [1.807, 2.05) is 59.5 Å². The normalized spacial score (nSPS) is 22.8. The van der Waals surface area contributed by atoms with Gasteiger partial charge in [-0.25, -0.2) is 4.79 Å². The third-order valence-electron chi connectivity index (χ3n) is 7.64. The van der Waals surface area contributed by atoms with Crippen molar-refractivity contribution in [3.63, 3.8) is 0 Å². The Morgan fingerprint density at radius 3 is 2.35 bits per heavy atom. The van der Waals surface area contributed by atoms with Crippen molar-refractivity contribution in [3.05, 3.63) is 95.6 Å². The molecule has 0 saturated carbocycles. The van der Waals surface area contributed by atoms with Crippen LogP contribution in [0.1, 0.15) is 35.1 Å². The molecule has 0 spiro atoms. The van der Waals surface area contributed by atoms with Crippen LogP contribution in [0, 0.1) is 0 Å². The quantitative estimate of drug-likeness (QED) is 0.560. The summed E-state index contributed by atoms with van der Waals surface area (Å²) in [7, 11) is 0. The molecule has 0 unspecified atom stereocenters.